The molecule has 0 aliphatic carbocycles. The fourth-order valence-electron chi connectivity index (χ4n) is 4.38. The quantitative estimate of drug-likeness (QED) is 0.529. The Morgan fingerprint density at radius 3 is 2.81 bits per heavy atom. The van der Waals surface area contributed by atoms with Gasteiger partial charge in [-0.1, -0.05) is 24.3 Å². The van der Waals surface area contributed by atoms with E-state index in [-0.39, 0.29) is 12.1 Å². The fraction of sp³-hybridized carbons (Fsp3) is 0.348. The highest BCUT2D eigenvalue weighted by Gasteiger charge is 2.21. The summed E-state index contributed by atoms with van der Waals surface area (Å²) in [5.74, 6) is 0.824. The second-order valence-corrected chi connectivity index (χ2v) is 7.86. The van der Waals surface area contributed by atoms with Gasteiger partial charge in [0.15, 0.2) is 0 Å². The Labute approximate surface area is 184 Å². The zero-order valence-corrected chi connectivity index (χ0v) is 18.0. The number of hydrogen-bond donors (Lipinski definition) is 1. The molecule has 1 aliphatic rings. The Hall–Kier alpha value is -3.77. The third-order valence-corrected chi connectivity index (χ3v) is 5.97. The maximum Gasteiger partial charge on any atom is 0.293 e. The van der Waals surface area contributed by atoms with Crippen LogP contribution in [0.4, 0.5) is 5.95 Å². The topological polar surface area (TPSA) is 105 Å². The molecule has 0 unspecified atom stereocenters. The molecule has 9 nitrogen and oxygen atoms in total. The number of benzene rings is 1. The monoisotopic (exact) mass is 428 g/mol. The van der Waals surface area contributed by atoms with E-state index in [2.05, 4.69) is 26.4 Å². The molecule has 9 heteroatoms. The maximum absolute atomic E-state index is 13.5. The van der Waals surface area contributed by atoms with Gasteiger partial charge in [-0.25, -0.2) is 9.67 Å². The van der Waals surface area contributed by atoms with Crippen molar-refractivity contribution >= 4 is 27.8 Å². The molecule has 1 aromatic carbocycles. The van der Waals surface area contributed by atoms with E-state index in [0.29, 0.717) is 28.8 Å². The highest BCUT2D eigenvalue weighted by atomic mass is 16.1. The van der Waals surface area contributed by atoms with Gasteiger partial charge in [-0.2, -0.15) is 10.4 Å². The molecule has 32 heavy (non-hydrogen) atoms. The molecule has 5 rings (SSSR count). The van der Waals surface area contributed by atoms with E-state index in [4.69, 9.17) is 4.98 Å². The number of aromatic nitrogens is 5. The first-order valence-corrected chi connectivity index (χ1v) is 10.9. The van der Waals surface area contributed by atoms with Crippen LogP contribution in [0, 0.1) is 11.3 Å². The summed E-state index contributed by atoms with van der Waals surface area (Å²) in [5, 5.41) is 18.9. The molecule has 1 aliphatic heterocycles. The summed E-state index contributed by atoms with van der Waals surface area (Å²) < 4.78 is 3.43. The van der Waals surface area contributed by atoms with Crippen LogP contribution in [0.25, 0.3) is 21.8 Å². The number of pyridine rings is 1. The van der Waals surface area contributed by atoms with Crippen LogP contribution < -0.4 is 15.8 Å². The lowest BCUT2D eigenvalue weighted by Crippen LogP contribution is -2.31. The van der Waals surface area contributed by atoms with Crippen molar-refractivity contribution in [3.05, 3.63) is 58.3 Å². The molecule has 0 atom stereocenters. The van der Waals surface area contributed by atoms with E-state index in [1.54, 1.807) is 12.4 Å². The van der Waals surface area contributed by atoms with Crippen molar-refractivity contribution in [2.24, 2.45) is 0 Å². The summed E-state index contributed by atoms with van der Waals surface area (Å²) in [6.07, 6.45) is 4.25. The van der Waals surface area contributed by atoms with Crippen LogP contribution in [0.1, 0.15) is 24.6 Å². The molecule has 1 saturated heterocycles. The van der Waals surface area contributed by atoms with Crippen LogP contribution in [0.3, 0.4) is 0 Å². The second kappa shape index (κ2) is 8.40. The minimum Gasteiger partial charge on any atom is -0.341 e. The summed E-state index contributed by atoms with van der Waals surface area (Å²) in [6, 6.07) is 9.80. The first kappa shape index (κ1) is 20.2. The molecule has 0 bridgehead atoms. The second-order valence-electron chi connectivity index (χ2n) is 7.86. The van der Waals surface area contributed by atoms with E-state index in [1.807, 2.05) is 35.8 Å². The van der Waals surface area contributed by atoms with Crippen molar-refractivity contribution in [1.29, 1.82) is 5.26 Å². The van der Waals surface area contributed by atoms with Crippen LogP contribution in [0.15, 0.2) is 41.5 Å². The molecule has 4 heterocycles. The fourth-order valence-corrected chi connectivity index (χ4v) is 4.38. The molecule has 0 spiro atoms. The standard InChI is InChI=1S/C23H24N8O/c1-2-30-21-19(28-23(30)29-10-5-8-25-9-11-29)14-27-31(22(21)32)15-20-18-7-4-3-6-17(18)16(12-24)13-26-20/h3-4,6-7,13-14,25H,2,5,8-11,15H2,1H3. The summed E-state index contributed by atoms with van der Waals surface area (Å²) in [4.78, 5) is 24.9. The van der Waals surface area contributed by atoms with Crippen molar-refractivity contribution < 1.29 is 0 Å². The Kier molecular flexibility index (Phi) is 5.29. The summed E-state index contributed by atoms with van der Waals surface area (Å²) in [7, 11) is 0. The van der Waals surface area contributed by atoms with Gasteiger partial charge in [0, 0.05) is 43.1 Å². The Morgan fingerprint density at radius 1 is 1.16 bits per heavy atom. The third-order valence-electron chi connectivity index (χ3n) is 5.97. The van der Waals surface area contributed by atoms with Gasteiger partial charge in [0.1, 0.15) is 17.1 Å². The highest BCUT2D eigenvalue weighted by Crippen LogP contribution is 2.22. The number of rotatable bonds is 4. The molecule has 1 N–H and O–H groups in total. The molecule has 0 radical (unpaired) electrons. The van der Waals surface area contributed by atoms with Gasteiger partial charge in [0.25, 0.3) is 5.56 Å². The predicted octanol–water partition coefficient (Wildman–Crippen LogP) is 1.88. The maximum atomic E-state index is 13.5. The van der Waals surface area contributed by atoms with E-state index in [0.717, 1.165) is 49.3 Å². The van der Waals surface area contributed by atoms with E-state index in [9.17, 15) is 10.1 Å². The van der Waals surface area contributed by atoms with Crippen molar-refractivity contribution in [2.75, 3.05) is 31.1 Å². The Bertz CT molecular complexity index is 1390. The van der Waals surface area contributed by atoms with Crippen molar-refractivity contribution in [2.45, 2.75) is 26.4 Å². The lowest BCUT2D eigenvalue weighted by Gasteiger charge is -2.21. The number of hydrogen-bond acceptors (Lipinski definition) is 7. The van der Waals surface area contributed by atoms with Gasteiger partial charge >= 0.3 is 0 Å². The van der Waals surface area contributed by atoms with Crippen LogP contribution in [0.2, 0.25) is 0 Å². The van der Waals surface area contributed by atoms with Gasteiger partial charge in [0.2, 0.25) is 5.95 Å². The van der Waals surface area contributed by atoms with Gasteiger partial charge in [-0.05, 0) is 19.9 Å². The van der Waals surface area contributed by atoms with Crippen molar-refractivity contribution in [3.63, 3.8) is 0 Å². The normalized spacial score (nSPS) is 14.6. The summed E-state index contributed by atoms with van der Waals surface area (Å²) >= 11 is 0. The average Bonchev–Trinajstić information content (AvgIpc) is 3.00. The van der Waals surface area contributed by atoms with Gasteiger partial charge in [-0.15, -0.1) is 0 Å². The SMILES string of the molecule is CCn1c(N2CCCNCC2)nc2cnn(Cc3ncc(C#N)c4ccccc34)c(=O)c21. The zero-order valence-electron chi connectivity index (χ0n) is 18.0. The molecular formula is C23H24N8O. The van der Waals surface area contributed by atoms with Crippen LogP contribution in [0.5, 0.6) is 0 Å². The number of fused-ring (bicyclic) bond motifs is 2. The summed E-state index contributed by atoms with van der Waals surface area (Å²) in [6.45, 7) is 6.54. The van der Waals surface area contributed by atoms with Gasteiger partial charge < -0.3 is 14.8 Å². The van der Waals surface area contributed by atoms with E-state index < -0.39 is 0 Å². The predicted molar refractivity (Wildman–Crippen MR) is 123 cm³/mol. The first-order chi connectivity index (χ1) is 15.7. The molecular weight excluding hydrogens is 404 g/mol. The molecule has 4 aromatic rings. The zero-order chi connectivity index (χ0) is 22.1. The van der Waals surface area contributed by atoms with Crippen LogP contribution >= 0.6 is 0 Å². The van der Waals surface area contributed by atoms with E-state index in [1.165, 1.54) is 4.68 Å². The average molecular weight is 429 g/mol. The molecule has 162 valence electrons. The van der Waals surface area contributed by atoms with Crippen molar-refractivity contribution in [1.82, 2.24) is 29.6 Å². The molecule has 0 amide bonds. The molecule has 0 saturated carbocycles. The molecule has 1 fully saturated rings. The van der Waals surface area contributed by atoms with Gasteiger partial charge in [0.05, 0.1) is 24.0 Å². The number of aryl methyl sites for hydroxylation is 1. The van der Waals surface area contributed by atoms with Crippen molar-refractivity contribution in [3.8, 4) is 6.07 Å². The summed E-state index contributed by atoms with van der Waals surface area (Å²) in [5.41, 5.74) is 2.20. The van der Waals surface area contributed by atoms with Gasteiger partial charge in [-0.3, -0.25) is 9.78 Å². The Balaban J connectivity index is 1.60. The van der Waals surface area contributed by atoms with Crippen LogP contribution in [-0.4, -0.2) is 50.5 Å². The van der Waals surface area contributed by atoms with Crippen LogP contribution in [-0.2, 0) is 13.1 Å². The highest BCUT2D eigenvalue weighted by molar-refractivity contribution is 5.89. The van der Waals surface area contributed by atoms with E-state index >= 15 is 0 Å². The minimum atomic E-state index is -0.189. The smallest absolute Gasteiger partial charge is 0.293 e. The number of nitriles is 1. The largest absolute Gasteiger partial charge is 0.341 e. The third kappa shape index (κ3) is 3.39. The molecule has 3 aromatic heterocycles. The lowest BCUT2D eigenvalue weighted by atomic mass is 10.1. The Morgan fingerprint density at radius 2 is 2.00 bits per heavy atom. The number of nitrogens with one attached hydrogen (secondary N) is 1. The minimum absolute atomic E-state index is 0.189. The number of imidazole rings is 1. The number of nitrogens with zero attached hydrogens (tertiary/aromatic N) is 7. The number of anilines is 1. The lowest BCUT2D eigenvalue weighted by molar-refractivity contribution is 0.632. The first-order valence-electron chi connectivity index (χ1n) is 10.9.